The van der Waals surface area contributed by atoms with Gasteiger partial charge in [0.05, 0.1) is 10.6 Å². The van der Waals surface area contributed by atoms with E-state index in [4.69, 9.17) is 4.55 Å². The van der Waals surface area contributed by atoms with Gasteiger partial charge in [0.2, 0.25) is 0 Å². The number of aryl methyl sites for hydroxylation is 1. The van der Waals surface area contributed by atoms with Crippen molar-refractivity contribution in [2.24, 2.45) is 10.2 Å². The van der Waals surface area contributed by atoms with Crippen LogP contribution in [0.1, 0.15) is 6.99 Å². The van der Waals surface area contributed by atoms with Crippen LogP contribution in [0.3, 0.4) is 0 Å². The molecule has 2 N–H and O–H groups in total. The minimum atomic E-state index is -4.26. The first-order chi connectivity index (χ1) is 11.4. The Hall–Kier alpha value is -1.77. The molecule has 3 rings (SSSR count). The Morgan fingerprint density at radius 2 is 1.72 bits per heavy atom. The maximum atomic E-state index is 11.1. The fourth-order valence-corrected chi connectivity index (χ4v) is 2.92. The van der Waals surface area contributed by atoms with Crippen molar-refractivity contribution in [1.82, 2.24) is 0 Å². The quantitative estimate of drug-likeness (QED) is 0.418. The summed E-state index contributed by atoms with van der Waals surface area (Å²) in [5.41, 5.74) is 1.31. The van der Waals surface area contributed by atoms with Gasteiger partial charge >= 0.3 is 29.6 Å². The van der Waals surface area contributed by atoms with Crippen molar-refractivity contribution in [2.45, 2.75) is 11.8 Å². The molecular weight excluding hydrogens is 351 g/mol. The fraction of sp³-hybridized carbons (Fsp3) is 0.0588. The van der Waals surface area contributed by atoms with Gasteiger partial charge in [0, 0.05) is 5.39 Å². The summed E-state index contributed by atoms with van der Waals surface area (Å²) < 4.78 is 31.3. The van der Waals surface area contributed by atoms with E-state index in [1.54, 1.807) is 19.1 Å². The van der Waals surface area contributed by atoms with E-state index in [2.05, 4.69) is 10.2 Å². The largest absolute Gasteiger partial charge is 1.00 e. The molecule has 0 heterocycles. The maximum Gasteiger partial charge on any atom is 1.00 e. The van der Waals surface area contributed by atoms with Crippen LogP contribution < -0.4 is 29.6 Å². The van der Waals surface area contributed by atoms with Crippen LogP contribution in [-0.2, 0) is 10.1 Å². The molecule has 0 aromatic heterocycles. The van der Waals surface area contributed by atoms with Crippen molar-refractivity contribution in [1.29, 1.82) is 0 Å². The minimum absolute atomic E-state index is 0. The van der Waals surface area contributed by atoms with Gasteiger partial charge in [0.25, 0.3) is 10.1 Å². The van der Waals surface area contributed by atoms with Crippen LogP contribution in [0.25, 0.3) is 10.8 Å². The molecule has 0 fully saturated rings. The van der Waals surface area contributed by atoms with Crippen LogP contribution in [0.5, 0.6) is 5.75 Å². The normalized spacial score (nSPS) is 11.6. The number of hydrogen-bond donors (Lipinski definition) is 2. The molecule has 0 aliphatic carbocycles. The van der Waals surface area contributed by atoms with Crippen LogP contribution in [0.15, 0.2) is 69.7 Å². The smallest absolute Gasteiger partial charge is 1.00 e. The van der Waals surface area contributed by atoms with Crippen molar-refractivity contribution in [2.75, 3.05) is 0 Å². The standard InChI is InChI=1S/C17H14N2O4S.Na.H/c1-11-10-13(24(21,22)23)7-8-15(11)18-19-17-14-5-3-2-4-12(14)6-9-16(17)20;;/h2-10,20H,1H3,(H,21,22,23);;/q;+1;-1. The third-order valence-corrected chi connectivity index (χ3v) is 4.45. The number of rotatable bonds is 3. The van der Waals surface area contributed by atoms with Gasteiger partial charge in [-0.1, -0.05) is 30.3 Å². The number of phenolic OH excluding ortho intramolecular Hbond substituents is 1. The summed E-state index contributed by atoms with van der Waals surface area (Å²) in [5.74, 6) is 0.00431. The van der Waals surface area contributed by atoms with Crippen LogP contribution in [0, 0.1) is 6.92 Å². The van der Waals surface area contributed by atoms with E-state index in [0.717, 1.165) is 10.8 Å². The topological polar surface area (TPSA) is 99.3 Å². The van der Waals surface area contributed by atoms with Gasteiger partial charge in [-0.3, -0.25) is 4.55 Å². The summed E-state index contributed by atoms with van der Waals surface area (Å²) >= 11 is 0. The van der Waals surface area contributed by atoms with Crippen LogP contribution in [0.2, 0.25) is 0 Å². The number of phenols is 1. The Morgan fingerprint density at radius 1 is 1.00 bits per heavy atom. The summed E-state index contributed by atoms with van der Waals surface area (Å²) in [6.07, 6.45) is 0. The molecule has 0 atom stereocenters. The Labute approximate surface area is 168 Å². The molecule has 3 aromatic carbocycles. The number of nitrogens with zero attached hydrogens (tertiary/aromatic N) is 2. The number of benzene rings is 3. The summed E-state index contributed by atoms with van der Waals surface area (Å²) in [5, 5.41) is 19.9. The molecule has 124 valence electrons. The molecule has 0 saturated carbocycles. The predicted octanol–water partition coefficient (Wildman–Crippen LogP) is 1.63. The van der Waals surface area contributed by atoms with Crippen molar-refractivity contribution in [3.8, 4) is 5.75 Å². The zero-order valence-electron chi connectivity index (χ0n) is 14.7. The van der Waals surface area contributed by atoms with E-state index in [9.17, 15) is 13.5 Å². The molecular formula is C17H15N2NaO4S. The van der Waals surface area contributed by atoms with Gasteiger partial charge in [-0.05, 0) is 42.1 Å². The van der Waals surface area contributed by atoms with E-state index < -0.39 is 10.1 Å². The molecule has 0 amide bonds. The number of azo groups is 1. The SMILES string of the molecule is Cc1cc(S(=O)(=O)O)ccc1N=Nc1c(O)ccc2ccccc12.[H-].[Na+]. The van der Waals surface area contributed by atoms with Gasteiger partial charge in [0.1, 0.15) is 11.4 Å². The molecule has 0 saturated heterocycles. The zero-order valence-corrected chi connectivity index (χ0v) is 16.5. The number of hydrogen-bond acceptors (Lipinski definition) is 5. The van der Waals surface area contributed by atoms with Crippen molar-refractivity contribution < 1.29 is 49.1 Å². The molecule has 0 spiro atoms. The van der Waals surface area contributed by atoms with E-state index in [-0.39, 0.29) is 41.6 Å². The number of fused-ring (bicyclic) bond motifs is 1. The van der Waals surface area contributed by atoms with E-state index in [0.29, 0.717) is 16.9 Å². The average Bonchev–Trinajstić information content (AvgIpc) is 2.54. The van der Waals surface area contributed by atoms with Crippen LogP contribution in [0.4, 0.5) is 11.4 Å². The van der Waals surface area contributed by atoms with Crippen molar-refractivity contribution >= 4 is 32.3 Å². The van der Waals surface area contributed by atoms with Gasteiger partial charge in [-0.25, -0.2) is 0 Å². The summed E-state index contributed by atoms with van der Waals surface area (Å²) in [6, 6.07) is 14.8. The van der Waals surface area contributed by atoms with E-state index >= 15 is 0 Å². The first-order valence-electron chi connectivity index (χ1n) is 7.07. The fourth-order valence-electron chi connectivity index (χ4n) is 2.35. The summed E-state index contributed by atoms with van der Waals surface area (Å²) in [7, 11) is -4.26. The van der Waals surface area contributed by atoms with Crippen molar-refractivity contribution in [3.63, 3.8) is 0 Å². The Kier molecular flexibility index (Phi) is 5.97. The first kappa shape index (κ1) is 19.6. The van der Waals surface area contributed by atoms with Crippen molar-refractivity contribution in [3.05, 3.63) is 60.2 Å². The van der Waals surface area contributed by atoms with Crippen LogP contribution >= 0.6 is 0 Å². The zero-order chi connectivity index (χ0) is 17.3. The second-order valence-corrected chi connectivity index (χ2v) is 6.70. The molecule has 0 radical (unpaired) electrons. The Morgan fingerprint density at radius 3 is 2.40 bits per heavy atom. The van der Waals surface area contributed by atoms with Crippen LogP contribution in [-0.4, -0.2) is 18.1 Å². The summed E-state index contributed by atoms with van der Waals surface area (Å²) in [6.45, 7) is 1.66. The average molecular weight is 366 g/mol. The molecule has 6 nitrogen and oxygen atoms in total. The molecule has 3 aromatic rings. The second-order valence-electron chi connectivity index (χ2n) is 5.28. The van der Waals surface area contributed by atoms with E-state index in [1.807, 2.05) is 24.3 Å². The van der Waals surface area contributed by atoms with Gasteiger partial charge in [0.15, 0.2) is 0 Å². The Balaban J connectivity index is 0.00000169. The van der Waals surface area contributed by atoms with Gasteiger partial charge < -0.3 is 6.53 Å². The van der Waals surface area contributed by atoms with Gasteiger partial charge in [-0.15, -0.1) is 5.11 Å². The summed E-state index contributed by atoms with van der Waals surface area (Å²) in [4.78, 5) is -0.202. The molecule has 8 heteroatoms. The molecule has 0 aliphatic heterocycles. The number of aromatic hydroxyl groups is 1. The molecule has 25 heavy (non-hydrogen) atoms. The Bertz CT molecular complexity index is 1070. The molecule has 0 aliphatic rings. The molecule has 0 unspecified atom stereocenters. The maximum absolute atomic E-state index is 11.1. The monoisotopic (exact) mass is 366 g/mol. The van der Waals surface area contributed by atoms with E-state index in [1.165, 1.54) is 18.2 Å². The minimum Gasteiger partial charge on any atom is -1.00 e. The second kappa shape index (κ2) is 7.63. The third-order valence-electron chi connectivity index (χ3n) is 3.60. The first-order valence-corrected chi connectivity index (χ1v) is 8.51. The molecule has 0 bridgehead atoms. The van der Waals surface area contributed by atoms with Gasteiger partial charge in [-0.2, -0.15) is 13.5 Å². The third kappa shape index (κ3) is 4.26. The predicted molar refractivity (Wildman–Crippen MR) is 91.9 cm³/mol.